The number of pyridine rings is 1. The summed E-state index contributed by atoms with van der Waals surface area (Å²) in [5.41, 5.74) is 11.9. The van der Waals surface area contributed by atoms with Crippen LogP contribution in [-0.2, 0) is 0 Å². The van der Waals surface area contributed by atoms with Crippen molar-refractivity contribution in [3.63, 3.8) is 0 Å². The summed E-state index contributed by atoms with van der Waals surface area (Å²) in [5.74, 6) is 1.85. The Labute approximate surface area is 186 Å². The minimum Gasteiger partial charge on any atom is -0.382 e. The Morgan fingerprint density at radius 1 is 0.844 bits per heavy atom. The van der Waals surface area contributed by atoms with Gasteiger partial charge in [0.2, 0.25) is 0 Å². The minimum absolute atomic E-state index is 0.405. The van der Waals surface area contributed by atoms with Crippen molar-refractivity contribution in [3.8, 4) is 22.5 Å². The van der Waals surface area contributed by atoms with Crippen LogP contribution in [0.4, 0.5) is 5.82 Å². The van der Waals surface area contributed by atoms with Gasteiger partial charge >= 0.3 is 0 Å². The third-order valence-electron chi connectivity index (χ3n) is 6.49. The van der Waals surface area contributed by atoms with Crippen LogP contribution in [0.1, 0.15) is 43.8 Å². The molecule has 0 amide bonds. The zero-order chi connectivity index (χ0) is 21.5. The summed E-state index contributed by atoms with van der Waals surface area (Å²) in [6.45, 7) is 0. The number of nitrogens with zero attached hydrogens (tertiary/aromatic N) is 5. The molecule has 1 fully saturated rings. The molecule has 2 aromatic carbocycles. The van der Waals surface area contributed by atoms with Gasteiger partial charge in [0.25, 0.3) is 0 Å². The number of rotatable bonds is 3. The maximum absolute atomic E-state index is 6.32. The van der Waals surface area contributed by atoms with Crippen molar-refractivity contribution in [1.82, 2.24) is 24.6 Å². The molecule has 1 saturated carbocycles. The molecule has 6 nitrogen and oxygen atoms in total. The molecule has 2 N–H and O–H groups in total. The van der Waals surface area contributed by atoms with Crippen molar-refractivity contribution >= 4 is 22.2 Å². The number of hydrogen-bond donors (Lipinski definition) is 1. The van der Waals surface area contributed by atoms with Crippen molar-refractivity contribution in [2.75, 3.05) is 5.73 Å². The Kier molecular flexibility index (Phi) is 4.56. The van der Waals surface area contributed by atoms with Crippen LogP contribution in [0.25, 0.3) is 38.9 Å². The molecule has 3 heterocycles. The van der Waals surface area contributed by atoms with Crippen molar-refractivity contribution in [2.24, 2.45) is 0 Å². The normalized spacial score (nSPS) is 14.9. The van der Waals surface area contributed by atoms with Crippen LogP contribution in [0, 0.1) is 0 Å². The number of imidazole rings is 1. The fourth-order valence-electron chi connectivity index (χ4n) is 4.84. The van der Waals surface area contributed by atoms with E-state index in [0.717, 1.165) is 57.6 Å². The summed E-state index contributed by atoms with van der Waals surface area (Å²) < 4.78 is 1.91. The predicted octanol–water partition coefficient (Wildman–Crippen LogP) is 5.64. The highest BCUT2D eigenvalue weighted by molar-refractivity contribution is 5.91. The molecule has 0 aliphatic heterocycles. The Morgan fingerprint density at radius 2 is 1.66 bits per heavy atom. The van der Waals surface area contributed by atoms with Gasteiger partial charge in [0.1, 0.15) is 23.4 Å². The summed E-state index contributed by atoms with van der Waals surface area (Å²) in [5, 5.41) is 5.62. The second-order valence-electron chi connectivity index (χ2n) is 8.53. The Morgan fingerprint density at radius 3 is 2.50 bits per heavy atom. The van der Waals surface area contributed by atoms with E-state index in [0.29, 0.717) is 11.7 Å². The average molecular weight is 421 g/mol. The van der Waals surface area contributed by atoms with Gasteiger partial charge in [-0.25, -0.2) is 19.5 Å². The fraction of sp³-hybridized carbons (Fsp3) is 0.231. The van der Waals surface area contributed by atoms with Crippen LogP contribution >= 0.6 is 0 Å². The van der Waals surface area contributed by atoms with Gasteiger partial charge in [-0.15, -0.1) is 0 Å². The lowest BCUT2D eigenvalue weighted by Crippen LogP contribution is -2.10. The molecular formula is C26H24N6. The van der Waals surface area contributed by atoms with E-state index in [-0.39, 0.29) is 0 Å². The maximum atomic E-state index is 6.32. The number of fused-ring (bicyclic) bond motifs is 2. The van der Waals surface area contributed by atoms with E-state index < -0.39 is 0 Å². The molecule has 0 spiro atoms. The fourth-order valence-corrected chi connectivity index (χ4v) is 4.84. The van der Waals surface area contributed by atoms with E-state index in [2.05, 4.69) is 52.5 Å². The molecule has 1 aliphatic rings. The van der Waals surface area contributed by atoms with E-state index in [4.69, 9.17) is 15.7 Å². The van der Waals surface area contributed by atoms with Crippen LogP contribution in [-0.4, -0.2) is 24.6 Å². The molecule has 3 aromatic heterocycles. The monoisotopic (exact) mass is 420 g/mol. The molecule has 0 bridgehead atoms. The van der Waals surface area contributed by atoms with E-state index in [1.165, 1.54) is 25.6 Å². The highest BCUT2D eigenvalue weighted by atomic mass is 15.3. The number of anilines is 1. The first kappa shape index (κ1) is 18.9. The van der Waals surface area contributed by atoms with Crippen molar-refractivity contribution in [2.45, 2.75) is 38.0 Å². The van der Waals surface area contributed by atoms with Gasteiger partial charge in [-0.2, -0.15) is 5.10 Å². The first-order chi connectivity index (χ1) is 15.8. The first-order valence-corrected chi connectivity index (χ1v) is 11.2. The number of aromatic nitrogens is 5. The highest BCUT2D eigenvalue weighted by Crippen LogP contribution is 2.36. The van der Waals surface area contributed by atoms with Gasteiger partial charge in [-0.05, 0) is 25.0 Å². The van der Waals surface area contributed by atoms with Gasteiger partial charge in [-0.1, -0.05) is 67.8 Å². The standard InChI is InChI=1S/C26H24N6/c27-25-24-23(31-26(32(24)29-16-28-25)19-9-5-2-6-10-19)20-12-11-18-13-14-21(30-22(18)15-20)17-7-3-1-4-8-17/h1,3-4,7-8,11-16,19H,2,5-6,9-10H2,(H2,27,28,29). The SMILES string of the molecule is Nc1ncnn2c(C3CCCCC3)nc(-c3ccc4ccc(-c5ccccc5)nc4c3)c12. The second-order valence-corrected chi connectivity index (χ2v) is 8.53. The van der Waals surface area contributed by atoms with Crippen LogP contribution in [0.2, 0.25) is 0 Å². The zero-order valence-corrected chi connectivity index (χ0v) is 17.8. The van der Waals surface area contributed by atoms with E-state index in [1.807, 2.05) is 22.7 Å². The molecule has 5 aromatic rings. The Balaban J connectivity index is 1.51. The molecular weight excluding hydrogens is 396 g/mol. The number of nitrogens with two attached hydrogens (primary N) is 1. The largest absolute Gasteiger partial charge is 0.382 e. The van der Waals surface area contributed by atoms with Crippen LogP contribution in [0.5, 0.6) is 0 Å². The summed E-state index contributed by atoms with van der Waals surface area (Å²) in [4.78, 5) is 14.3. The maximum Gasteiger partial charge on any atom is 0.153 e. The van der Waals surface area contributed by atoms with Crippen molar-refractivity contribution in [3.05, 3.63) is 72.8 Å². The van der Waals surface area contributed by atoms with Crippen LogP contribution in [0.3, 0.4) is 0 Å². The van der Waals surface area contributed by atoms with E-state index >= 15 is 0 Å². The zero-order valence-electron chi connectivity index (χ0n) is 17.8. The molecule has 0 radical (unpaired) electrons. The molecule has 158 valence electrons. The van der Waals surface area contributed by atoms with Gasteiger partial charge in [0.05, 0.1) is 11.2 Å². The molecule has 32 heavy (non-hydrogen) atoms. The van der Waals surface area contributed by atoms with Crippen LogP contribution < -0.4 is 5.73 Å². The smallest absolute Gasteiger partial charge is 0.153 e. The number of hydrogen-bond acceptors (Lipinski definition) is 5. The second kappa shape index (κ2) is 7.71. The summed E-state index contributed by atoms with van der Waals surface area (Å²) in [6.07, 6.45) is 7.57. The quantitative estimate of drug-likeness (QED) is 0.409. The average Bonchev–Trinajstić information content (AvgIpc) is 3.25. The summed E-state index contributed by atoms with van der Waals surface area (Å²) in [7, 11) is 0. The molecule has 6 heteroatoms. The third-order valence-corrected chi connectivity index (χ3v) is 6.49. The highest BCUT2D eigenvalue weighted by Gasteiger charge is 2.25. The minimum atomic E-state index is 0.405. The molecule has 0 saturated heterocycles. The predicted molar refractivity (Wildman–Crippen MR) is 127 cm³/mol. The van der Waals surface area contributed by atoms with Gasteiger partial charge in [0.15, 0.2) is 5.82 Å². The van der Waals surface area contributed by atoms with Crippen molar-refractivity contribution < 1.29 is 0 Å². The third kappa shape index (κ3) is 3.19. The number of benzene rings is 2. The Hall–Kier alpha value is -3.80. The van der Waals surface area contributed by atoms with Crippen molar-refractivity contribution in [1.29, 1.82) is 0 Å². The summed E-state index contributed by atoms with van der Waals surface area (Å²) >= 11 is 0. The first-order valence-electron chi connectivity index (χ1n) is 11.2. The Bertz CT molecular complexity index is 1420. The lowest BCUT2D eigenvalue weighted by molar-refractivity contribution is 0.424. The molecule has 0 unspecified atom stereocenters. The molecule has 0 atom stereocenters. The number of nitrogen functional groups attached to an aromatic ring is 1. The molecule has 1 aliphatic carbocycles. The van der Waals surface area contributed by atoms with E-state index in [9.17, 15) is 0 Å². The van der Waals surface area contributed by atoms with E-state index in [1.54, 1.807) is 0 Å². The lowest BCUT2D eigenvalue weighted by atomic mass is 9.89. The lowest BCUT2D eigenvalue weighted by Gasteiger charge is -2.19. The van der Waals surface area contributed by atoms with Gasteiger partial charge < -0.3 is 5.73 Å². The van der Waals surface area contributed by atoms with Crippen LogP contribution in [0.15, 0.2) is 67.0 Å². The van der Waals surface area contributed by atoms with Gasteiger partial charge in [0, 0.05) is 22.4 Å². The topological polar surface area (TPSA) is 82.0 Å². The summed E-state index contributed by atoms with van der Waals surface area (Å²) in [6, 6.07) is 20.7. The molecule has 6 rings (SSSR count). The van der Waals surface area contributed by atoms with Gasteiger partial charge in [-0.3, -0.25) is 0 Å².